The lowest BCUT2D eigenvalue weighted by Gasteiger charge is -2.07. The molecule has 4 rings (SSSR count). The zero-order valence-electron chi connectivity index (χ0n) is 13.5. The molecule has 0 aliphatic rings. The zero-order valence-corrected chi connectivity index (χ0v) is 15.0. The van der Waals surface area contributed by atoms with Crippen LogP contribution in [-0.4, -0.2) is 19.7 Å². The predicted molar refractivity (Wildman–Crippen MR) is 95.7 cm³/mol. The highest BCUT2D eigenvalue weighted by Crippen LogP contribution is 2.34. The Morgan fingerprint density at radius 3 is 2.54 bits per heavy atom. The van der Waals surface area contributed by atoms with Gasteiger partial charge in [0, 0.05) is 12.3 Å². The number of pyridine rings is 1. The highest BCUT2D eigenvalue weighted by atomic mass is 35.5. The molecule has 0 spiro atoms. The van der Waals surface area contributed by atoms with Crippen molar-refractivity contribution in [1.82, 2.24) is 19.7 Å². The van der Waals surface area contributed by atoms with E-state index in [1.165, 1.54) is 36.5 Å². The van der Waals surface area contributed by atoms with Gasteiger partial charge in [0.1, 0.15) is 11.2 Å². The van der Waals surface area contributed by atoms with E-state index in [1.54, 1.807) is 0 Å². The quantitative estimate of drug-likeness (QED) is 0.461. The molecule has 0 amide bonds. The molecule has 1 aromatic carbocycles. The van der Waals surface area contributed by atoms with Gasteiger partial charge < -0.3 is 4.42 Å². The molecule has 0 unspecified atom stereocenters. The van der Waals surface area contributed by atoms with Crippen molar-refractivity contribution in [3.63, 3.8) is 0 Å². The molecule has 0 N–H and O–H groups in total. The molecular formula is C17H7Cl2F3N4O2. The van der Waals surface area contributed by atoms with Crippen LogP contribution in [0.3, 0.4) is 0 Å². The van der Waals surface area contributed by atoms with Crippen LogP contribution in [0.4, 0.5) is 13.2 Å². The minimum atomic E-state index is -4.75. The lowest BCUT2D eigenvalue weighted by Crippen LogP contribution is -2.09. The highest BCUT2D eigenvalue weighted by Gasteiger charge is 2.36. The lowest BCUT2D eigenvalue weighted by molar-refractivity contribution is -0.141. The zero-order chi connectivity index (χ0) is 20.1. The molecule has 28 heavy (non-hydrogen) atoms. The third-order valence-electron chi connectivity index (χ3n) is 3.77. The number of benzene rings is 1. The minimum absolute atomic E-state index is 0.0433. The summed E-state index contributed by atoms with van der Waals surface area (Å²) >= 11 is 12.1. The molecule has 0 fully saturated rings. The number of alkyl halides is 3. The van der Waals surface area contributed by atoms with Gasteiger partial charge in [-0.1, -0.05) is 29.3 Å². The molecule has 4 aromatic rings. The number of nitrogens with zero attached hydrogens (tertiary/aromatic N) is 4. The molecule has 6 nitrogen and oxygen atoms in total. The van der Waals surface area contributed by atoms with Crippen LogP contribution in [0.1, 0.15) is 5.69 Å². The largest absolute Gasteiger partial charge is 0.435 e. The molecule has 0 saturated heterocycles. The third-order valence-corrected chi connectivity index (χ3v) is 4.37. The van der Waals surface area contributed by atoms with E-state index >= 15 is 0 Å². The molecule has 0 radical (unpaired) electrons. The van der Waals surface area contributed by atoms with Gasteiger partial charge in [0.15, 0.2) is 11.5 Å². The molecule has 0 atom stereocenters. The van der Waals surface area contributed by atoms with Crippen LogP contribution in [0.15, 0.2) is 51.8 Å². The van der Waals surface area contributed by atoms with Crippen LogP contribution in [0.2, 0.25) is 10.0 Å². The minimum Gasteiger partial charge on any atom is -0.401 e. The third kappa shape index (κ3) is 3.12. The Balaban J connectivity index is 2.04. The van der Waals surface area contributed by atoms with Crippen molar-refractivity contribution >= 4 is 34.1 Å². The summed E-state index contributed by atoms with van der Waals surface area (Å²) in [6.45, 7) is 0. The number of aromatic nitrogens is 4. The molecule has 11 heteroatoms. The van der Waals surface area contributed by atoms with E-state index in [1.807, 2.05) is 0 Å². The Hall–Kier alpha value is -2.91. The van der Waals surface area contributed by atoms with Gasteiger partial charge >= 0.3 is 11.8 Å². The summed E-state index contributed by atoms with van der Waals surface area (Å²) in [7, 11) is 0. The smallest absolute Gasteiger partial charge is 0.401 e. The number of hydrogen-bond donors (Lipinski definition) is 0. The summed E-state index contributed by atoms with van der Waals surface area (Å²) < 4.78 is 45.7. The van der Waals surface area contributed by atoms with Gasteiger partial charge in [-0.3, -0.25) is 0 Å². The molecule has 3 aromatic heterocycles. The summed E-state index contributed by atoms with van der Waals surface area (Å²) in [6.07, 6.45) is -3.42. The van der Waals surface area contributed by atoms with Crippen molar-refractivity contribution in [3.8, 4) is 17.4 Å². The standard InChI is InChI=1S/C17H7Cl2F3N4O2/c18-9-4-1-3-8-13(9)24-15(28-16(8)27)11-7-12(17(20,21)22)25-26(11)14-10(19)5-2-6-23-14/h1-7H. The van der Waals surface area contributed by atoms with Gasteiger partial charge in [-0.2, -0.15) is 18.3 Å². The highest BCUT2D eigenvalue weighted by molar-refractivity contribution is 6.35. The van der Waals surface area contributed by atoms with Crippen LogP contribution in [0, 0.1) is 0 Å². The Labute approximate surface area is 164 Å². The number of hydrogen-bond acceptors (Lipinski definition) is 5. The van der Waals surface area contributed by atoms with Crippen LogP contribution in [0.25, 0.3) is 28.3 Å². The maximum absolute atomic E-state index is 13.2. The van der Waals surface area contributed by atoms with Crippen molar-refractivity contribution in [2.24, 2.45) is 0 Å². The number of halogens is 5. The van der Waals surface area contributed by atoms with E-state index in [-0.39, 0.29) is 32.5 Å². The fraction of sp³-hybridized carbons (Fsp3) is 0.0588. The van der Waals surface area contributed by atoms with E-state index in [0.717, 1.165) is 4.68 Å². The van der Waals surface area contributed by atoms with Crippen molar-refractivity contribution in [2.45, 2.75) is 6.18 Å². The SMILES string of the molecule is O=c1oc(-c2cc(C(F)(F)F)nn2-c2ncccc2Cl)nc2c(Cl)cccc12. The first-order valence-corrected chi connectivity index (χ1v) is 8.39. The average Bonchev–Trinajstić information content (AvgIpc) is 3.08. The molecular weight excluding hydrogens is 420 g/mol. The Bertz CT molecular complexity index is 1270. The second-order valence-electron chi connectivity index (χ2n) is 5.58. The number of para-hydroxylation sites is 1. The monoisotopic (exact) mass is 426 g/mol. The Morgan fingerprint density at radius 2 is 1.82 bits per heavy atom. The first-order valence-electron chi connectivity index (χ1n) is 7.63. The molecule has 3 heterocycles. The van der Waals surface area contributed by atoms with Gasteiger partial charge in [0.2, 0.25) is 5.89 Å². The molecule has 0 bridgehead atoms. The molecule has 0 saturated carbocycles. The van der Waals surface area contributed by atoms with Gasteiger partial charge in [-0.05, 0) is 24.3 Å². The van der Waals surface area contributed by atoms with Gasteiger partial charge in [-0.15, -0.1) is 0 Å². The Kier molecular flexibility index (Phi) is 4.35. The normalized spacial score (nSPS) is 11.9. The first-order chi connectivity index (χ1) is 13.3. The van der Waals surface area contributed by atoms with Crippen molar-refractivity contribution in [2.75, 3.05) is 0 Å². The fourth-order valence-electron chi connectivity index (χ4n) is 2.54. The van der Waals surface area contributed by atoms with Gasteiger partial charge in [0.25, 0.3) is 0 Å². The van der Waals surface area contributed by atoms with Crippen LogP contribution < -0.4 is 5.63 Å². The topological polar surface area (TPSA) is 73.8 Å². The molecule has 142 valence electrons. The van der Waals surface area contributed by atoms with Crippen molar-refractivity contribution in [3.05, 3.63) is 68.8 Å². The summed E-state index contributed by atoms with van der Waals surface area (Å²) in [4.78, 5) is 20.4. The van der Waals surface area contributed by atoms with E-state index < -0.39 is 23.4 Å². The Morgan fingerprint density at radius 1 is 1.07 bits per heavy atom. The van der Waals surface area contributed by atoms with Crippen molar-refractivity contribution < 1.29 is 17.6 Å². The van der Waals surface area contributed by atoms with Crippen LogP contribution >= 0.6 is 23.2 Å². The number of fused-ring (bicyclic) bond motifs is 1. The first kappa shape index (κ1) is 18.5. The summed E-state index contributed by atoms with van der Waals surface area (Å²) in [6, 6.07) is 8.10. The van der Waals surface area contributed by atoms with E-state index in [4.69, 9.17) is 27.6 Å². The maximum atomic E-state index is 13.2. The van der Waals surface area contributed by atoms with Gasteiger partial charge in [-0.25, -0.2) is 19.4 Å². The predicted octanol–water partition coefficient (Wildman–Crippen LogP) is 4.76. The van der Waals surface area contributed by atoms with E-state index in [2.05, 4.69) is 15.1 Å². The van der Waals surface area contributed by atoms with Crippen LogP contribution in [-0.2, 0) is 6.18 Å². The molecule has 0 aliphatic carbocycles. The summed E-state index contributed by atoms with van der Waals surface area (Å²) in [5, 5.41) is 3.81. The average molecular weight is 427 g/mol. The summed E-state index contributed by atoms with van der Waals surface area (Å²) in [5.74, 6) is -0.492. The maximum Gasteiger partial charge on any atom is 0.435 e. The second kappa shape index (κ2) is 6.61. The molecule has 0 aliphatic heterocycles. The van der Waals surface area contributed by atoms with E-state index in [9.17, 15) is 18.0 Å². The lowest BCUT2D eigenvalue weighted by atomic mass is 10.2. The second-order valence-corrected chi connectivity index (χ2v) is 6.39. The summed E-state index contributed by atoms with van der Waals surface area (Å²) in [5.41, 5.74) is -2.21. The van der Waals surface area contributed by atoms with Crippen molar-refractivity contribution in [1.29, 1.82) is 0 Å². The van der Waals surface area contributed by atoms with Crippen LogP contribution in [0.5, 0.6) is 0 Å². The fourth-order valence-corrected chi connectivity index (χ4v) is 2.96. The van der Waals surface area contributed by atoms with E-state index in [0.29, 0.717) is 6.07 Å². The van der Waals surface area contributed by atoms with Gasteiger partial charge in [0.05, 0.1) is 15.4 Å². The number of rotatable bonds is 2.